The van der Waals surface area contributed by atoms with Gasteiger partial charge in [-0.25, -0.2) is 4.98 Å². The molecule has 0 aliphatic carbocycles. The number of alkyl halides is 1. The Morgan fingerprint density at radius 2 is 2.06 bits per heavy atom. The summed E-state index contributed by atoms with van der Waals surface area (Å²) in [6.45, 7) is 8.46. The highest BCUT2D eigenvalue weighted by Gasteiger charge is 2.27. The van der Waals surface area contributed by atoms with E-state index in [9.17, 15) is 0 Å². The number of hydrogen-bond donors (Lipinski definition) is 0. The number of rotatable bonds is 3. The summed E-state index contributed by atoms with van der Waals surface area (Å²) in [5.41, 5.74) is 1.83. The van der Waals surface area contributed by atoms with E-state index in [0.717, 1.165) is 28.3 Å². The SMILES string of the molecule is CCC(C)(C)n1c(C(C)Cl)nc2cccc(Cl)c21. The second-order valence-electron chi connectivity index (χ2n) is 5.19. The van der Waals surface area contributed by atoms with Crippen LogP contribution >= 0.6 is 23.2 Å². The molecule has 0 aliphatic heterocycles. The van der Waals surface area contributed by atoms with Gasteiger partial charge in [-0.05, 0) is 39.3 Å². The Morgan fingerprint density at radius 1 is 1.39 bits per heavy atom. The number of halogens is 2. The molecule has 1 atom stereocenters. The van der Waals surface area contributed by atoms with Crippen LogP contribution < -0.4 is 0 Å². The summed E-state index contributed by atoms with van der Waals surface area (Å²) in [7, 11) is 0. The van der Waals surface area contributed by atoms with Crippen LogP contribution in [-0.2, 0) is 5.54 Å². The summed E-state index contributed by atoms with van der Waals surface area (Å²) in [4.78, 5) is 4.63. The van der Waals surface area contributed by atoms with Crippen LogP contribution in [0.3, 0.4) is 0 Å². The highest BCUT2D eigenvalue weighted by atomic mass is 35.5. The Bertz CT molecular complexity index is 570. The van der Waals surface area contributed by atoms with Gasteiger partial charge in [0.1, 0.15) is 5.82 Å². The third-order valence-electron chi connectivity index (χ3n) is 3.48. The number of imidazole rings is 1. The van der Waals surface area contributed by atoms with Gasteiger partial charge in [0.15, 0.2) is 0 Å². The molecular weight excluding hydrogens is 267 g/mol. The fourth-order valence-corrected chi connectivity index (χ4v) is 2.54. The van der Waals surface area contributed by atoms with Crippen LogP contribution in [0.4, 0.5) is 0 Å². The molecule has 0 spiro atoms. The first-order valence-electron chi connectivity index (χ1n) is 6.20. The average molecular weight is 285 g/mol. The number of nitrogens with zero attached hydrogens (tertiary/aromatic N) is 2. The first-order valence-corrected chi connectivity index (χ1v) is 7.01. The van der Waals surface area contributed by atoms with Crippen molar-refractivity contribution in [2.75, 3.05) is 0 Å². The fraction of sp³-hybridized carbons (Fsp3) is 0.500. The highest BCUT2D eigenvalue weighted by Crippen LogP contribution is 2.35. The average Bonchev–Trinajstić information content (AvgIpc) is 2.70. The molecule has 0 bridgehead atoms. The molecular formula is C14H18Cl2N2. The van der Waals surface area contributed by atoms with Gasteiger partial charge < -0.3 is 4.57 Å². The van der Waals surface area contributed by atoms with Gasteiger partial charge >= 0.3 is 0 Å². The minimum atomic E-state index is -0.140. The maximum Gasteiger partial charge on any atom is 0.128 e. The lowest BCUT2D eigenvalue weighted by atomic mass is 10.0. The molecule has 18 heavy (non-hydrogen) atoms. The molecule has 2 rings (SSSR count). The highest BCUT2D eigenvalue weighted by molar-refractivity contribution is 6.35. The number of hydrogen-bond acceptors (Lipinski definition) is 1. The molecule has 0 saturated carbocycles. The summed E-state index contributed by atoms with van der Waals surface area (Å²) in [5, 5.41) is 0.587. The largest absolute Gasteiger partial charge is 0.320 e. The van der Waals surface area contributed by atoms with Crippen molar-refractivity contribution in [1.82, 2.24) is 9.55 Å². The van der Waals surface area contributed by atoms with Crippen LogP contribution in [0.1, 0.15) is 45.3 Å². The van der Waals surface area contributed by atoms with E-state index in [1.807, 2.05) is 25.1 Å². The normalized spacial score (nSPS) is 14.1. The third kappa shape index (κ3) is 2.12. The van der Waals surface area contributed by atoms with E-state index in [0.29, 0.717) is 0 Å². The van der Waals surface area contributed by atoms with Crippen molar-refractivity contribution < 1.29 is 0 Å². The van der Waals surface area contributed by atoms with Gasteiger partial charge in [0.2, 0.25) is 0 Å². The Balaban J connectivity index is 2.86. The molecule has 0 saturated heterocycles. The molecule has 0 aliphatic rings. The Hall–Kier alpha value is -0.730. The van der Waals surface area contributed by atoms with Gasteiger partial charge in [0, 0.05) is 5.54 Å². The van der Waals surface area contributed by atoms with Gasteiger partial charge in [-0.15, -0.1) is 11.6 Å². The second-order valence-corrected chi connectivity index (χ2v) is 6.26. The third-order valence-corrected chi connectivity index (χ3v) is 3.98. The second kappa shape index (κ2) is 4.75. The monoisotopic (exact) mass is 284 g/mol. The molecule has 2 aromatic rings. The zero-order chi connectivity index (χ0) is 13.5. The van der Waals surface area contributed by atoms with Crippen molar-refractivity contribution in [2.45, 2.75) is 45.0 Å². The van der Waals surface area contributed by atoms with Gasteiger partial charge in [0.05, 0.1) is 21.4 Å². The molecule has 0 radical (unpaired) electrons. The maximum atomic E-state index is 6.34. The molecule has 0 N–H and O–H groups in total. The molecule has 1 aromatic carbocycles. The van der Waals surface area contributed by atoms with E-state index in [1.54, 1.807) is 0 Å². The summed E-state index contributed by atoms with van der Waals surface area (Å²) in [6, 6.07) is 5.80. The zero-order valence-electron chi connectivity index (χ0n) is 11.2. The van der Waals surface area contributed by atoms with Crippen molar-refractivity contribution in [3.8, 4) is 0 Å². The quantitative estimate of drug-likeness (QED) is 0.714. The van der Waals surface area contributed by atoms with E-state index in [1.165, 1.54) is 0 Å². The van der Waals surface area contributed by atoms with Crippen molar-refractivity contribution in [3.63, 3.8) is 0 Å². The summed E-state index contributed by atoms with van der Waals surface area (Å²) in [6.07, 6.45) is 0.986. The molecule has 0 fully saturated rings. The van der Waals surface area contributed by atoms with E-state index in [4.69, 9.17) is 23.2 Å². The van der Waals surface area contributed by atoms with Crippen molar-refractivity contribution in [3.05, 3.63) is 29.0 Å². The zero-order valence-corrected chi connectivity index (χ0v) is 12.7. The van der Waals surface area contributed by atoms with Crippen LogP contribution in [0.15, 0.2) is 18.2 Å². The Kier molecular flexibility index (Phi) is 3.61. The van der Waals surface area contributed by atoms with Gasteiger partial charge in [-0.2, -0.15) is 0 Å². The van der Waals surface area contributed by atoms with Gasteiger partial charge in [0.25, 0.3) is 0 Å². The standard InChI is InChI=1S/C14H18Cl2N2/c1-5-14(3,4)18-12-10(16)7-6-8-11(12)17-13(18)9(2)15/h6-9H,5H2,1-4H3. The Labute approximate surface area is 118 Å². The molecule has 1 unspecified atom stereocenters. The topological polar surface area (TPSA) is 17.8 Å². The number of aromatic nitrogens is 2. The van der Waals surface area contributed by atoms with E-state index < -0.39 is 0 Å². The van der Waals surface area contributed by atoms with E-state index in [-0.39, 0.29) is 10.9 Å². The van der Waals surface area contributed by atoms with Gasteiger partial charge in [-0.3, -0.25) is 0 Å². The van der Waals surface area contributed by atoms with Gasteiger partial charge in [-0.1, -0.05) is 24.6 Å². The van der Waals surface area contributed by atoms with Crippen molar-refractivity contribution in [1.29, 1.82) is 0 Å². The molecule has 98 valence electrons. The number of para-hydroxylation sites is 1. The molecule has 1 heterocycles. The molecule has 0 amide bonds. The number of fused-ring (bicyclic) bond motifs is 1. The maximum absolute atomic E-state index is 6.34. The van der Waals surface area contributed by atoms with Crippen LogP contribution in [0.5, 0.6) is 0 Å². The van der Waals surface area contributed by atoms with Crippen LogP contribution in [-0.4, -0.2) is 9.55 Å². The van der Waals surface area contributed by atoms with E-state index >= 15 is 0 Å². The summed E-state index contributed by atoms with van der Waals surface area (Å²) >= 11 is 12.6. The fourth-order valence-electron chi connectivity index (χ4n) is 2.14. The molecule has 4 heteroatoms. The molecule has 1 aromatic heterocycles. The summed E-state index contributed by atoms with van der Waals surface area (Å²) < 4.78 is 2.18. The van der Waals surface area contributed by atoms with Crippen LogP contribution in [0.25, 0.3) is 11.0 Å². The van der Waals surface area contributed by atoms with Crippen LogP contribution in [0, 0.1) is 0 Å². The minimum absolute atomic E-state index is 0.0573. The first-order chi connectivity index (χ1) is 8.38. The number of benzene rings is 1. The Morgan fingerprint density at radius 3 is 2.61 bits per heavy atom. The van der Waals surface area contributed by atoms with Crippen molar-refractivity contribution in [2.24, 2.45) is 0 Å². The lowest BCUT2D eigenvalue weighted by molar-refractivity contribution is 0.341. The van der Waals surface area contributed by atoms with Crippen molar-refractivity contribution >= 4 is 34.2 Å². The predicted octanol–water partition coefficient (Wildman–Crippen LogP) is 5.13. The smallest absolute Gasteiger partial charge is 0.128 e. The lowest BCUT2D eigenvalue weighted by Crippen LogP contribution is -2.27. The minimum Gasteiger partial charge on any atom is -0.320 e. The molecule has 2 nitrogen and oxygen atoms in total. The predicted molar refractivity (Wildman–Crippen MR) is 78.6 cm³/mol. The first kappa shape index (κ1) is 13.7. The summed E-state index contributed by atoms with van der Waals surface area (Å²) in [5.74, 6) is 0.881. The van der Waals surface area contributed by atoms with Crippen LogP contribution in [0.2, 0.25) is 5.02 Å². The van der Waals surface area contributed by atoms with E-state index in [2.05, 4.69) is 30.3 Å². The lowest BCUT2D eigenvalue weighted by Gasteiger charge is -2.29.